The SMILES string of the molecule is CC(NC(=O)c1cc(Cl)nc(NN)c1)c1ccc(Br)cc1. The van der Waals surface area contributed by atoms with Crippen LogP contribution in [0.5, 0.6) is 0 Å². The summed E-state index contributed by atoms with van der Waals surface area (Å²) in [6.07, 6.45) is 0. The molecule has 1 amide bonds. The Kier molecular flexibility index (Phi) is 5.17. The summed E-state index contributed by atoms with van der Waals surface area (Å²) in [5.74, 6) is 5.38. The van der Waals surface area contributed by atoms with Gasteiger partial charge in [-0.2, -0.15) is 0 Å². The van der Waals surface area contributed by atoms with Crippen molar-refractivity contribution in [3.8, 4) is 0 Å². The summed E-state index contributed by atoms with van der Waals surface area (Å²) < 4.78 is 0.990. The molecule has 1 aromatic carbocycles. The lowest BCUT2D eigenvalue weighted by molar-refractivity contribution is 0.0940. The minimum atomic E-state index is -0.244. The molecule has 0 aliphatic rings. The van der Waals surface area contributed by atoms with Crippen molar-refractivity contribution in [2.24, 2.45) is 5.84 Å². The maximum absolute atomic E-state index is 12.2. The third-order valence-corrected chi connectivity index (χ3v) is 3.64. The molecule has 0 aliphatic heterocycles. The Morgan fingerprint density at radius 2 is 2.00 bits per heavy atom. The molecule has 7 heteroatoms. The minimum absolute atomic E-state index is 0.133. The van der Waals surface area contributed by atoms with E-state index < -0.39 is 0 Å². The van der Waals surface area contributed by atoms with Crippen LogP contribution < -0.4 is 16.6 Å². The van der Waals surface area contributed by atoms with Crippen molar-refractivity contribution in [1.29, 1.82) is 0 Å². The number of hydrogen-bond acceptors (Lipinski definition) is 4. The number of hydrogen-bond donors (Lipinski definition) is 3. The Balaban J connectivity index is 2.13. The van der Waals surface area contributed by atoms with Crippen LogP contribution in [0.4, 0.5) is 5.82 Å². The third kappa shape index (κ3) is 4.17. The molecule has 2 aromatic rings. The van der Waals surface area contributed by atoms with Crippen molar-refractivity contribution < 1.29 is 4.79 Å². The fourth-order valence-electron chi connectivity index (χ4n) is 1.82. The molecule has 5 nitrogen and oxygen atoms in total. The Morgan fingerprint density at radius 3 is 2.62 bits per heavy atom. The highest BCUT2D eigenvalue weighted by Crippen LogP contribution is 2.18. The van der Waals surface area contributed by atoms with Crippen LogP contribution in [0, 0.1) is 0 Å². The lowest BCUT2D eigenvalue weighted by Crippen LogP contribution is -2.27. The number of nitrogens with two attached hydrogens (primary N) is 1. The second-order valence-electron chi connectivity index (χ2n) is 4.45. The molecular formula is C14H14BrClN4O. The number of hydrazine groups is 1. The minimum Gasteiger partial charge on any atom is -0.346 e. The van der Waals surface area contributed by atoms with E-state index in [0.29, 0.717) is 11.4 Å². The fraction of sp³-hybridized carbons (Fsp3) is 0.143. The van der Waals surface area contributed by atoms with Gasteiger partial charge >= 0.3 is 0 Å². The monoisotopic (exact) mass is 368 g/mol. The number of nitrogen functional groups attached to an aromatic ring is 1. The molecule has 1 unspecified atom stereocenters. The zero-order chi connectivity index (χ0) is 15.4. The van der Waals surface area contributed by atoms with E-state index in [0.717, 1.165) is 10.0 Å². The summed E-state index contributed by atoms with van der Waals surface area (Å²) in [4.78, 5) is 16.2. The molecule has 0 saturated heterocycles. The third-order valence-electron chi connectivity index (χ3n) is 2.92. The molecule has 110 valence electrons. The zero-order valence-corrected chi connectivity index (χ0v) is 13.6. The second kappa shape index (κ2) is 6.89. The van der Waals surface area contributed by atoms with Gasteiger partial charge in [-0.1, -0.05) is 39.7 Å². The first-order valence-electron chi connectivity index (χ1n) is 6.20. The van der Waals surface area contributed by atoms with Crippen molar-refractivity contribution in [1.82, 2.24) is 10.3 Å². The highest BCUT2D eigenvalue weighted by molar-refractivity contribution is 9.10. The highest BCUT2D eigenvalue weighted by atomic mass is 79.9. The largest absolute Gasteiger partial charge is 0.346 e. The van der Waals surface area contributed by atoms with Crippen LogP contribution in [0.1, 0.15) is 28.9 Å². The Morgan fingerprint density at radius 1 is 1.33 bits per heavy atom. The molecule has 0 saturated carbocycles. The second-order valence-corrected chi connectivity index (χ2v) is 5.76. The Labute approximate surface area is 136 Å². The van der Waals surface area contributed by atoms with Gasteiger partial charge in [-0.05, 0) is 36.8 Å². The number of rotatable bonds is 4. The van der Waals surface area contributed by atoms with Crippen molar-refractivity contribution >= 4 is 39.3 Å². The van der Waals surface area contributed by atoms with Crippen LogP contribution in [0.3, 0.4) is 0 Å². The average Bonchev–Trinajstić information content (AvgIpc) is 2.47. The van der Waals surface area contributed by atoms with E-state index in [1.165, 1.54) is 12.1 Å². The molecule has 2 rings (SSSR count). The van der Waals surface area contributed by atoms with Crippen molar-refractivity contribution in [2.45, 2.75) is 13.0 Å². The number of aromatic nitrogens is 1. The number of amides is 1. The van der Waals surface area contributed by atoms with Crippen LogP contribution >= 0.6 is 27.5 Å². The van der Waals surface area contributed by atoms with Gasteiger partial charge in [0.1, 0.15) is 11.0 Å². The first-order chi connectivity index (χ1) is 9.99. The van der Waals surface area contributed by atoms with Crippen molar-refractivity contribution in [3.63, 3.8) is 0 Å². The van der Waals surface area contributed by atoms with Gasteiger partial charge in [0, 0.05) is 10.0 Å². The van der Waals surface area contributed by atoms with E-state index in [2.05, 4.69) is 31.7 Å². The van der Waals surface area contributed by atoms with Crippen LogP contribution in [0.25, 0.3) is 0 Å². The first kappa shape index (κ1) is 15.8. The maximum atomic E-state index is 12.2. The normalized spacial score (nSPS) is 11.8. The number of halogens is 2. The summed E-state index contributed by atoms with van der Waals surface area (Å²) in [5.41, 5.74) is 3.77. The number of carbonyl (C=O) groups excluding carboxylic acids is 1. The lowest BCUT2D eigenvalue weighted by atomic mass is 10.1. The molecular weight excluding hydrogens is 356 g/mol. The molecule has 1 atom stereocenters. The molecule has 0 bridgehead atoms. The smallest absolute Gasteiger partial charge is 0.251 e. The van der Waals surface area contributed by atoms with Crippen LogP contribution in [0.2, 0.25) is 5.15 Å². The van der Waals surface area contributed by atoms with Crippen LogP contribution in [0.15, 0.2) is 40.9 Å². The summed E-state index contributed by atoms with van der Waals surface area (Å²) in [7, 11) is 0. The van der Waals surface area contributed by atoms with E-state index in [-0.39, 0.29) is 17.1 Å². The van der Waals surface area contributed by atoms with Gasteiger partial charge in [-0.25, -0.2) is 10.8 Å². The number of carbonyl (C=O) groups is 1. The number of nitrogens with zero attached hydrogens (tertiary/aromatic N) is 1. The maximum Gasteiger partial charge on any atom is 0.251 e. The van der Waals surface area contributed by atoms with E-state index >= 15 is 0 Å². The average molecular weight is 370 g/mol. The van der Waals surface area contributed by atoms with E-state index in [1.807, 2.05) is 31.2 Å². The van der Waals surface area contributed by atoms with Gasteiger partial charge in [-0.15, -0.1) is 0 Å². The van der Waals surface area contributed by atoms with Gasteiger partial charge in [-0.3, -0.25) is 4.79 Å². The lowest BCUT2D eigenvalue weighted by Gasteiger charge is -2.15. The van der Waals surface area contributed by atoms with Crippen molar-refractivity contribution in [2.75, 3.05) is 5.43 Å². The Hall–Kier alpha value is -1.63. The first-order valence-corrected chi connectivity index (χ1v) is 7.37. The predicted molar refractivity (Wildman–Crippen MR) is 87.1 cm³/mol. The zero-order valence-electron chi connectivity index (χ0n) is 11.2. The van der Waals surface area contributed by atoms with Gasteiger partial charge in [0.2, 0.25) is 0 Å². The molecule has 21 heavy (non-hydrogen) atoms. The van der Waals surface area contributed by atoms with Gasteiger partial charge in [0.25, 0.3) is 5.91 Å². The van der Waals surface area contributed by atoms with E-state index in [4.69, 9.17) is 17.4 Å². The fourth-order valence-corrected chi connectivity index (χ4v) is 2.29. The highest BCUT2D eigenvalue weighted by Gasteiger charge is 2.13. The summed E-state index contributed by atoms with van der Waals surface area (Å²) in [5, 5.41) is 3.10. The molecule has 0 aliphatic carbocycles. The van der Waals surface area contributed by atoms with Gasteiger partial charge in [0.15, 0.2) is 0 Å². The van der Waals surface area contributed by atoms with Crippen molar-refractivity contribution in [3.05, 3.63) is 57.2 Å². The standard InChI is InChI=1S/C14H14BrClN4O/c1-8(9-2-4-11(15)5-3-9)18-14(21)10-6-12(16)19-13(7-10)20-17/h2-8H,17H2,1H3,(H,18,21)(H,19,20). The molecule has 0 spiro atoms. The summed E-state index contributed by atoms with van der Waals surface area (Å²) in [6.45, 7) is 1.91. The molecule has 0 fully saturated rings. The predicted octanol–water partition coefficient (Wildman–Crippen LogP) is 3.27. The number of anilines is 1. The van der Waals surface area contributed by atoms with Crippen LogP contribution in [-0.4, -0.2) is 10.9 Å². The summed E-state index contributed by atoms with van der Waals surface area (Å²) in [6, 6.07) is 10.6. The van der Waals surface area contributed by atoms with Gasteiger partial charge in [0.05, 0.1) is 6.04 Å². The van der Waals surface area contributed by atoms with Crippen LogP contribution in [-0.2, 0) is 0 Å². The number of benzene rings is 1. The summed E-state index contributed by atoms with van der Waals surface area (Å²) >= 11 is 9.23. The van der Waals surface area contributed by atoms with E-state index in [1.54, 1.807) is 0 Å². The number of pyridine rings is 1. The molecule has 1 aromatic heterocycles. The quantitative estimate of drug-likeness (QED) is 0.439. The van der Waals surface area contributed by atoms with Gasteiger partial charge < -0.3 is 10.7 Å². The van der Waals surface area contributed by atoms with E-state index in [9.17, 15) is 4.79 Å². The molecule has 0 radical (unpaired) electrons. The Bertz CT molecular complexity index is 648. The molecule has 1 heterocycles. The number of nitrogens with one attached hydrogen (secondary N) is 2. The topological polar surface area (TPSA) is 80.0 Å². The molecule has 4 N–H and O–H groups in total.